The number of halogens is 3. The van der Waals surface area contributed by atoms with Crippen molar-refractivity contribution in [3.8, 4) is 11.3 Å². The normalized spacial score (nSPS) is 22.2. The van der Waals surface area contributed by atoms with Crippen molar-refractivity contribution < 1.29 is 18.7 Å². The van der Waals surface area contributed by atoms with E-state index in [2.05, 4.69) is 25.5 Å². The molecule has 11 heteroatoms. The molecule has 0 aliphatic heterocycles. The van der Waals surface area contributed by atoms with Gasteiger partial charge in [0.1, 0.15) is 6.17 Å². The lowest BCUT2D eigenvalue weighted by Gasteiger charge is -2.13. The van der Waals surface area contributed by atoms with E-state index in [4.69, 9.17) is 11.6 Å². The van der Waals surface area contributed by atoms with Crippen molar-refractivity contribution in [3.05, 3.63) is 47.3 Å². The second-order valence-corrected chi connectivity index (χ2v) is 8.72. The van der Waals surface area contributed by atoms with Crippen LogP contribution in [0.2, 0.25) is 5.02 Å². The van der Waals surface area contributed by atoms with Crippen molar-refractivity contribution in [2.45, 2.75) is 31.5 Å². The number of amides is 1. The lowest BCUT2D eigenvalue weighted by molar-refractivity contribution is -0.117. The number of nitrogens with zero attached hydrogens (tertiary/aromatic N) is 4. The van der Waals surface area contributed by atoms with Crippen LogP contribution >= 0.6 is 11.6 Å². The third-order valence-corrected chi connectivity index (χ3v) is 6.47. The number of imidazole rings is 1. The Kier molecular flexibility index (Phi) is 4.49. The Bertz CT molecular complexity index is 1480. The van der Waals surface area contributed by atoms with E-state index in [1.54, 1.807) is 29.1 Å². The lowest BCUT2D eigenvalue weighted by atomic mass is 9.97. The number of aliphatic hydroxyl groups is 1. The number of alkyl halides is 1. The molecule has 1 amide bonds. The Balaban J connectivity index is 1.43. The van der Waals surface area contributed by atoms with Crippen LogP contribution in [-0.4, -0.2) is 47.9 Å². The van der Waals surface area contributed by atoms with Crippen LogP contribution in [0.25, 0.3) is 33.4 Å². The average molecular weight is 471 g/mol. The minimum Gasteiger partial charge on any atom is -0.389 e. The minimum absolute atomic E-state index is 0.107. The molecule has 8 nitrogen and oxygen atoms in total. The Hall–Kier alpha value is -3.37. The van der Waals surface area contributed by atoms with E-state index in [-0.39, 0.29) is 17.3 Å². The summed E-state index contributed by atoms with van der Waals surface area (Å²) < 4.78 is 30.2. The molecule has 3 unspecified atom stereocenters. The van der Waals surface area contributed by atoms with Gasteiger partial charge in [0.2, 0.25) is 5.91 Å². The summed E-state index contributed by atoms with van der Waals surface area (Å²) in [5.74, 6) is -1.39. The van der Waals surface area contributed by atoms with Gasteiger partial charge in [-0.15, -0.1) is 0 Å². The maximum Gasteiger partial charge on any atom is 0.231 e. The molecule has 1 aromatic carbocycles. The highest BCUT2D eigenvalue weighted by Gasteiger charge is 2.43. The van der Waals surface area contributed by atoms with Crippen molar-refractivity contribution in [1.29, 1.82) is 0 Å². The summed E-state index contributed by atoms with van der Waals surface area (Å²) in [7, 11) is 0. The van der Waals surface area contributed by atoms with Crippen LogP contribution in [-0.2, 0) is 4.79 Å². The van der Waals surface area contributed by atoms with Gasteiger partial charge < -0.3 is 14.8 Å². The van der Waals surface area contributed by atoms with Crippen molar-refractivity contribution in [2.75, 3.05) is 5.32 Å². The number of aliphatic hydroxyl groups excluding tert-OH is 1. The van der Waals surface area contributed by atoms with Crippen LogP contribution in [0.3, 0.4) is 0 Å². The highest BCUT2D eigenvalue weighted by Crippen LogP contribution is 2.43. The van der Waals surface area contributed by atoms with E-state index in [1.165, 1.54) is 6.20 Å². The molecule has 3 atom stereocenters. The largest absolute Gasteiger partial charge is 0.389 e. The number of carbonyl (C=O) groups excluding carboxylic acids is 1. The summed E-state index contributed by atoms with van der Waals surface area (Å²) in [4.78, 5) is 20.7. The van der Waals surface area contributed by atoms with Crippen molar-refractivity contribution >= 4 is 45.4 Å². The second-order valence-electron chi connectivity index (χ2n) is 8.35. The average Bonchev–Trinajstić information content (AvgIpc) is 3.16. The SMILES string of the molecule is O=C(Nc1cn2cc(-c3c(Cl)c(F)c(C4=CC(O)CC4)c4[nH]ncc34)ncc2n1)C1CC1F. The topological polar surface area (TPSA) is 108 Å². The van der Waals surface area contributed by atoms with E-state index in [1.807, 2.05) is 0 Å². The number of nitrogens with one attached hydrogen (secondary N) is 2. The zero-order valence-electron chi connectivity index (χ0n) is 17.0. The van der Waals surface area contributed by atoms with E-state index in [0.29, 0.717) is 51.8 Å². The molecule has 4 aromatic rings. The molecule has 3 aromatic heterocycles. The van der Waals surface area contributed by atoms with E-state index < -0.39 is 29.9 Å². The Morgan fingerprint density at radius 3 is 2.85 bits per heavy atom. The third-order valence-electron chi connectivity index (χ3n) is 6.11. The van der Waals surface area contributed by atoms with Gasteiger partial charge in [-0.1, -0.05) is 17.7 Å². The molecule has 0 radical (unpaired) electrons. The van der Waals surface area contributed by atoms with Crippen LogP contribution in [0.5, 0.6) is 0 Å². The monoisotopic (exact) mass is 470 g/mol. The number of carbonyl (C=O) groups is 1. The number of rotatable bonds is 4. The fourth-order valence-corrected chi connectivity index (χ4v) is 4.61. The number of hydrogen-bond acceptors (Lipinski definition) is 5. The number of benzene rings is 1. The first-order chi connectivity index (χ1) is 15.9. The predicted molar refractivity (Wildman–Crippen MR) is 118 cm³/mol. The van der Waals surface area contributed by atoms with Crippen molar-refractivity contribution in [2.24, 2.45) is 5.92 Å². The summed E-state index contributed by atoms with van der Waals surface area (Å²) >= 11 is 6.50. The highest BCUT2D eigenvalue weighted by atomic mass is 35.5. The Morgan fingerprint density at radius 2 is 2.12 bits per heavy atom. The van der Waals surface area contributed by atoms with Crippen molar-refractivity contribution in [3.63, 3.8) is 0 Å². The number of aromatic amines is 1. The minimum atomic E-state index is -1.10. The molecule has 1 fully saturated rings. The molecule has 6 rings (SSSR count). The van der Waals surface area contributed by atoms with E-state index >= 15 is 4.39 Å². The lowest BCUT2D eigenvalue weighted by Crippen LogP contribution is -2.15. The van der Waals surface area contributed by atoms with Crippen LogP contribution in [0.1, 0.15) is 24.8 Å². The molecule has 0 spiro atoms. The maximum atomic E-state index is 15.5. The number of hydrogen-bond donors (Lipinski definition) is 3. The zero-order chi connectivity index (χ0) is 22.9. The first-order valence-electron chi connectivity index (χ1n) is 10.4. The van der Waals surface area contributed by atoms with Crippen molar-refractivity contribution in [1.82, 2.24) is 24.6 Å². The van der Waals surface area contributed by atoms with Gasteiger partial charge in [-0.2, -0.15) is 5.10 Å². The van der Waals surface area contributed by atoms with Gasteiger partial charge in [0.15, 0.2) is 17.3 Å². The molecular weight excluding hydrogens is 454 g/mol. The number of allylic oxidation sites excluding steroid dienone is 1. The Morgan fingerprint density at radius 1 is 1.30 bits per heavy atom. The van der Waals surface area contributed by atoms with Crippen LogP contribution < -0.4 is 5.32 Å². The molecule has 1 saturated carbocycles. The Labute approximate surface area is 190 Å². The molecule has 168 valence electrons. The van der Waals surface area contributed by atoms with Gasteiger partial charge in [0.05, 0.1) is 46.8 Å². The number of H-pyrrole nitrogens is 1. The van der Waals surface area contributed by atoms with Crippen LogP contribution in [0.4, 0.5) is 14.6 Å². The molecule has 3 heterocycles. The molecule has 0 bridgehead atoms. The summed E-state index contributed by atoms with van der Waals surface area (Å²) in [5.41, 5.74) is 2.63. The summed E-state index contributed by atoms with van der Waals surface area (Å²) in [5, 5.41) is 19.9. The smallest absolute Gasteiger partial charge is 0.231 e. The molecule has 3 N–H and O–H groups in total. The molecule has 0 saturated heterocycles. The third kappa shape index (κ3) is 3.28. The fraction of sp³-hybridized carbons (Fsp3) is 0.273. The molecule has 2 aliphatic carbocycles. The predicted octanol–water partition coefficient (Wildman–Crippen LogP) is 3.90. The number of fused-ring (bicyclic) bond motifs is 2. The van der Waals surface area contributed by atoms with Gasteiger partial charge in [0.25, 0.3) is 0 Å². The molecule has 33 heavy (non-hydrogen) atoms. The molecular formula is C22H17ClF2N6O2. The fourth-order valence-electron chi connectivity index (χ4n) is 4.32. The zero-order valence-corrected chi connectivity index (χ0v) is 17.8. The van der Waals surface area contributed by atoms with Crippen LogP contribution in [0.15, 0.2) is 30.9 Å². The first kappa shape index (κ1) is 20.3. The number of aromatic nitrogens is 5. The van der Waals surface area contributed by atoms with Gasteiger partial charge in [-0.05, 0) is 24.8 Å². The van der Waals surface area contributed by atoms with Crippen LogP contribution in [0, 0.1) is 11.7 Å². The summed E-state index contributed by atoms with van der Waals surface area (Å²) in [6, 6.07) is 0. The second kappa shape index (κ2) is 7.32. The van der Waals surface area contributed by atoms with E-state index in [0.717, 1.165) is 0 Å². The summed E-state index contributed by atoms with van der Waals surface area (Å²) in [6.07, 6.45) is 7.41. The highest BCUT2D eigenvalue weighted by molar-refractivity contribution is 6.35. The van der Waals surface area contributed by atoms with Gasteiger partial charge in [-0.3, -0.25) is 14.9 Å². The number of anilines is 1. The summed E-state index contributed by atoms with van der Waals surface area (Å²) in [6.45, 7) is 0. The van der Waals surface area contributed by atoms with E-state index in [9.17, 15) is 14.3 Å². The van der Waals surface area contributed by atoms with Gasteiger partial charge >= 0.3 is 0 Å². The maximum absolute atomic E-state index is 15.5. The quantitative estimate of drug-likeness (QED) is 0.419. The molecule has 2 aliphatic rings. The van der Waals surface area contributed by atoms with Gasteiger partial charge in [0, 0.05) is 22.7 Å². The first-order valence-corrected chi connectivity index (χ1v) is 10.8. The van der Waals surface area contributed by atoms with Gasteiger partial charge in [-0.25, -0.2) is 13.8 Å². The standard InChI is InChI=1S/C22H17ClF2N6O2/c23-19-18(12-5-27-30-21(12)17(20(19)25)9-1-2-10(32)3-9)14-7-31-8-15(28-16(31)6-26-14)29-22(33)11-4-13(11)24/h3,5-8,10-11,13,32H,1-2,4H2,(H,27,30)(H,29,33).